The molecular formula is C30H25F6N7O3S2. The molecule has 0 radical (unpaired) electrons. The molecule has 1 aliphatic rings. The predicted octanol–water partition coefficient (Wildman–Crippen LogP) is 6.66. The molecule has 0 bridgehead atoms. The zero-order valence-electron chi connectivity index (χ0n) is 25.0. The van der Waals surface area contributed by atoms with E-state index < -0.39 is 25.1 Å². The lowest BCUT2D eigenvalue weighted by Crippen LogP contribution is -2.38. The van der Waals surface area contributed by atoms with Gasteiger partial charge in [0.15, 0.2) is 17.6 Å². The van der Waals surface area contributed by atoms with Crippen molar-refractivity contribution >= 4 is 45.9 Å². The Balaban J connectivity index is 1.20. The van der Waals surface area contributed by atoms with Gasteiger partial charge in [0.05, 0.1) is 17.1 Å². The van der Waals surface area contributed by atoms with Gasteiger partial charge < -0.3 is 9.47 Å². The average Bonchev–Trinajstić information content (AvgIpc) is 3.65. The third-order valence-corrected chi connectivity index (χ3v) is 7.72. The quantitative estimate of drug-likeness (QED) is 0.112. The molecule has 1 atom stereocenters. The van der Waals surface area contributed by atoms with Crippen LogP contribution >= 0.6 is 24.0 Å². The number of rotatable bonds is 9. The van der Waals surface area contributed by atoms with E-state index >= 15 is 0 Å². The van der Waals surface area contributed by atoms with E-state index in [4.69, 9.17) is 17.0 Å². The van der Waals surface area contributed by atoms with Crippen molar-refractivity contribution in [2.45, 2.75) is 32.4 Å². The standard InChI is InChI=1S/C30H25F6N7O3S2/c1-17-3-12-24(45-15-29(31,32)33)23(13-17)43-25(44)14-48-28(43)38-27(47)40-39-18(2)19-4-6-20(7-5-19)26-37-16-42(41-26)21-8-10-22(11-9-21)46-30(34,35)36/h3-13,16,18,39H,14-15H2,1-2H3,(H,40,47)/b38-28-. The first kappa shape index (κ1) is 34.6. The number of thioether (sulfide) groups is 1. The van der Waals surface area contributed by atoms with Gasteiger partial charge in [0.2, 0.25) is 11.0 Å². The van der Waals surface area contributed by atoms with Gasteiger partial charge in [-0.05, 0) is 73.6 Å². The van der Waals surface area contributed by atoms with Crippen LogP contribution in [-0.2, 0) is 4.79 Å². The molecule has 2 heterocycles. The van der Waals surface area contributed by atoms with Crippen molar-refractivity contribution in [2.75, 3.05) is 17.3 Å². The number of alkyl halides is 6. The van der Waals surface area contributed by atoms with Crippen LogP contribution in [0, 0.1) is 6.92 Å². The molecule has 1 aliphatic heterocycles. The number of aliphatic imine (C=N–C) groups is 1. The minimum Gasteiger partial charge on any atom is -0.482 e. The van der Waals surface area contributed by atoms with E-state index in [1.165, 1.54) is 46.2 Å². The Hall–Kier alpha value is -4.68. The number of carbonyl (C=O) groups is 1. The summed E-state index contributed by atoms with van der Waals surface area (Å²) < 4.78 is 86.1. The first-order valence-electron chi connectivity index (χ1n) is 13.9. The molecule has 1 amide bonds. The molecule has 252 valence electrons. The zero-order chi connectivity index (χ0) is 34.6. The normalized spacial score (nSPS) is 15.1. The maximum absolute atomic E-state index is 12.8. The van der Waals surface area contributed by atoms with Crippen molar-refractivity contribution in [2.24, 2.45) is 4.99 Å². The van der Waals surface area contributed by atoms with E-state index in [2.05, 4.69) is 30.7 Å². The Morgan fingerprint density at radius 3 is 2.44 bits per heavy atom. The van der Waals surface area contributed by atoms with Gasteiger partial charge in [0.25, 0.3) is 0 Å². The van der Waals surface area contributed by atoms with Crippen molar-refractivity contribution in [1.82, 2.24) is 25.6 Å². The van der Waals surface area contributed by atoms with Crippen LogP contribution in [0.5, 0.6) is 11.5 Å². The fraction of sp³-hybridized carbons (Fsp3) is 0.233. The first-order chi connectivity index (χ1) is 22.6. The molecule has 1 fully saturated rings. The van der Waals surface area contributed by atoms with Gasteiger partial charge in [0, 0.05) is 11.6 Å². The lowest BCUT2D eigenvalue weighted by Gasteiger charge is -2.21. The number of aryl methyl sites for hydroxylation is 1. The van der Waals surface area contributed by atoms with Crippen LogP contribution in [-0.4, -0.2) is 55.9 Å². The van der Waals surface area contributed by atoms with Gasteiger partial charge in [-0.2, -0.15) is 18.2 Å². The topological polar surface area (TPSA) is 106 Å². The molecule has 1 saturated heterocycles. The fourth-order valence-corrected chi connectivity index (χ4v) is 5.44. The second-order valence-corrected chi connectivity index (χ2v) is 11.6. The molecule has 1 unspecified atom stereocenters. The molecular weight excluding hydrogens is 684 g/mol. The summed E-state index contributed by atoms with van der Waals surface area (Å²) in [6.45, 7) is 2.07. The number of halogens is 6. The SMILES string of the molecule is Cc1ccc(OCC(F)(F)F)c(N2C(=O)CS/C2=N\C(=S)NNC(C)c2ccc(-c3ncn(-c4ccc(OC(F)(F)F)cc4)n3)cc2)c1. The lowest BCUT2D eigenvalue weighted by molar-refractivity contribution is -0.274. The largest absolute Gasteiger partial charge is 0.573 e. The molecule has 48 heavy (non-hydrogen) atoms. The third-order valence-electron chi connectivity index (χ3n) is 6.60. The van der Waals surface area contributed by atoms with Crippen molar-refractivity contribution in [1.29, 1.82) is 0 Å². The van der Waals surface area contributed by atoms with Crippen LogP contribution in [0.2, 0.25) is 0 Å². The van der Waals surface area contributed by atoms with E-state index in [1.54, 1.807) is 31.2 Å². The number of benzene rings is 3. The number of aromatic nitrogens is 3. The number of carbonyl (C=O) groups excluding carboxylic acids is 1. The number of amidine groups is 1. The van der Waals surface area contributed by atoms with Crippen LogP contribution in [0.4, 0.5) is 32.0 Å². The maximum Gasteiger partial charge on any atom is 0.573 e. The summed E-state index contributed by atoms with van der Waals surface area (Å²) in [6, 6.07) is 16.7. The Labute approximate surface area is 279 Å². The van der Waals surface area contributed by atoms with E-state index in [0.717, 1.165) is 17.3 Å². The van der Waals surface area contributed by atoms with Gasteiger partial charge in [0.1, 0.15) is 17.8 Å². The van der Waals surface area contributed by atoms with Crippen molar-refractivity contribution < 1.29 is 40.6 Å². The monoisotopic (exact) mass is 709 g/mol. The van der Waals surface area contributed by atoms with Crippen LogP contribution in [0.3, 0.4) is 0 Å². The third kappa shape index (κ3) is 9.02. The molecule has 0 saturated carbocycles. The van der Waals surface area contributed by atoms with Crippen molar-refractivity contribution in [3.63, 3.8) is 0 Å². The summed E-state index contributed by atoms with van der Waals surface area (Å²) in [7, 11) is 0. The summed E-state index contributed by atoms with van der Waals surface area (Å²) in [5, 5.41) is 4.56. The van der Waals surface area contributed by atoms with E-state index in [0.29, 0.717) is 22.6 Å². The molecule has 2 N–H and O–H groups in total. The highest BCUT2D eigenvalue weighted by Gasteiger charge is 2.34. The maximum atomic E-state index is 12.8. The summed E-state index contributed by atoms with van der Waals surface area (Å²) in [4.78, 5) is 22.5. The van der Waals surface area contributed by atoms with Gasteiger partial charge in [-0.25, -0.2) is 15.1 Å². The van der Waals surface area contributed by atoms with Crippen LogP contribution in [0.1, 0.15) is 24.1 Å². The number of hydrogen-bond donors (Lipinski definition) is 2. The molecule has 18 heteroatoms. The second kappa shape index (κ2) is 14.2. The number of hydrazine groups is 1. The van der Waals surface area contributed by atoms with E-state index in [1.807, 2.05) is 19.1 Å². The van der Waals surface area contributed by atoms with Crippen LogP contribution in [0.15, 0.2) is 78.0 Å². The van der Waals surface area contributed by atoms with Gasteiger partial charge >= 0.3 is 12.5 Å². The number of amides is 1. The lowest BCUT2D eigenvalue weighted by atomic mass is 10.1. The van der Waals surface area contributed by atoms with Gasteiger partial charge in [-0.1, -0.05) is 42.1 Å². The average molecular weight is 710 g/mol. The second-order valence-electron chi connectivity index (χ2n) is 10.3. The number of nitrogens with zero attached hydrogens (tertiary/aromatic N) is 5. The van der Waals surface area contributed by atoms with E-state index in [9.17, 15) is 31.1 Å². The highest BCUT2D eigenvalue weighted by molar-refractivity contribution is 8.15. The summed E-state index contributed by atoms with van der Waals surface area (Å²) in [5.41, 5.74) is 8.69. The zero-order valence-corrected chi connectivity index (χ0v) is 26.6. The smallest absolute Gasteiger partial charge is 0.482 e. The molecule has 0 spiro atoms. The molecule has 4 aromatic rings. The molecule has 3 aromatic carbocycles. The minimum absolute atomic E-state index is 0.0145. The van der Waals surface area contributed by atoms with Crippen LogP contribution in [0.25, 0.3) is 17.1 Å². The highest BCUT2D eigenvalue weighted by atomic mass is 32.2. The van der Waals surface area contributed by atoms with Gasteiger partial charge in [-0.15, -0.1) is 18.3 Å². The number of ether oxygens (including phenoxy) is 2. The number of anilines is 1. The Kier molecular flexibility index (Phi) is 10.3. The van der Waals surface area contributed by atoms with Gasteiger partial charge in [-0.3, -0.25) is 15.1 Å². The Morgan fingerprint density at radius 1 is 1.06 bits per heavy atom. The first-order valence-corrected chi connectivity index (χ1v) is 15.3. The highest BCUT2D eigenvalue weighted by Crippen LogP contribution is 2.36. The molecule has 1 aromatic heterocycles. The predicted molar refractivity (Wildman–Crippen MR) is 171 cm³/mol. The summed E-state index contributed by atoms with van der Waals surface area (Å²) in [5.74, 6) is -0.456. The number of nitrogens with one attached hydrogen (secondary N) is 2. The summed E-state index contributed by atoms with van der Waals surface area (Å²) >= 11 is 6.43. The molecule has 5 rings (SSSR count). The number of hydrogen-bond acceptors (Lipinski definition) is 8. The Bertz CT molecular complexity index is 1810. The van der Waals surface area contributed by atoms with E-state index in [-0.39, 0.29) is 39.3 Å². The Morgan fingerprint density at radius 2 is 1.77 bits per heavy atom. The fourth-order valence-electron chi connectivity index (χ4n) is 4.37. The molecule has 10 nitrogen and oxygen atoms in total. The summed E-state index contributed by atoms with van der Waals surface area (Å²) in [6.07, 6.45) is -7.91. The minimum atomic E-state index is -4.79. The van der Waals surface area contributed by atoms with Crippen molar-refractivity contribution in [3.8, 4) is 28.6 Å². The van der Waals surface area contributed by atoms with Crippen LogP contribution < -0.4 is 25.2 Å². The van der Waals surface area contributed by atoms with Crippen molar-refractivity contribution in [3.05, 3.63) is 84.2 Å². The molecule has 0 aliphatic carbocycles. The number of thiocarbonyl (C=S) groups is 1.